The number of ether oxygens (including phenoxy) is 1. The number of carbonyl (C=O) groups is 1. The van der Waals surface area contributed by atoms with Crippen LogP contribution in [0.15, 0.2) is 36.4 Å². The van der Waals surface area contributed by atoms with Crippen LogP contribution >= 0.6 is 11.3 Å². The second-order valence-electron chi connectivity index (χ2n) is 7.35. The van der Waals surface area contributed by atoms with Crippen LogP contribution in [0.3, 0.4) is 0 Å². The summed E-state index contributed by atoms with van der Waals surface area (Å²) < 4.78 is 46.4. The lowest BCUT2D eigenvalue weighted by Crippen LogP contribution is -2.27. The van der Waals surface area contributed by atoms with E-state index in [-0.39, 0.29) is 19.1 Å². The van der Waals surface area contributed by atoms with Gasteiger partial charge in [0.05, 0.1) is 53.1 Å². The molecule has 174 valence electrons. The molecule has 33 heavy (non-hydrogen) atoms. The number of halogens is 3. The van der Waals surface area contributed by atoms with Gasteiger partial charge in [0.1, 0.15) is 10.8 Å². The highest BCUT2D eigenvalue weighted by Gasteiger charge is 2.30. The lowest BCUT2D eigenvalue weighted by atomic mass is 10.2. The fourth-order valence-electron chi connectivity index (χ4n) is 3.41. The molecule has 0 aliphatic heterocycles. The number of fused-ring (bicyclic) bond motifs is 2. The van der Waals surface area contributed by atoms with Crippen LogP contribution in [0, 0.1) is 0 Å². The number of aliphatic hydroxyl groups is 1. The van der Waals surface area contributed by atoms with Crippen molar-refractivity contribution in [2.75, 3.05) is 26.4 Å². The summed E-state index contributed by atoms with van der Waals surface area (Å²) in [6.07, 6.45) is -4.04. The third kappa shape index (κ3) is 5.15. The van der Waals surface area contributed by atoms with Crippen molar-refractivity contribution in [1.29, 1.82) is 0 Å². The first-order valence-electron chi connectivity index (χ1n) is 10.1. The molecular weight excluding hydrogens is 457 g/mol. The predicted octanol–water partition coefficient (Wildman–Crippen LogP) is 3.53. The van der Waals surface area contributed by atoms with E-state index in [1.807, 2.05) is 11.6 Å². The normalized spacial score (nSPS) is 12.0. The summed E-state index contributed by atoms with van der Waals surface area (Å²) in [6.45, 7) is 0.766. The molecule has 2 heterocycles. The highest BCUT2D eigenvalue weighted by Crippen LogP contribution is 2.33. The Kier molecular flexibility index (Phi) is 6.63. The molecule has 0 aliphatic rings. The predicted molar refractivity (Wildman–Crippen MR) is 118 cm³/mol. The second kappa shape index (κ2) is 9.46. The number of aryl methyl sites for hydroxylation is 1. The number of hydrogen-bond donors (Lipinski definition) is 2. The van der Waals surface area contributed by atoms with Gasteiger partial charge in [-0.25, -0.2) is 9.97 Å². The van der Waals surface area contributed by atoms with Crippen molar-refractivity contribution in [2.45, 2.75) is 12.6 Å². The smallest absolute Gasteiger partial charge is 0.394 e. The van der Waals surface area contributed by atoms with Crippen molar-refractivity contribution >= 4 is 38.5 Å². The van der Waals surface area contributed by atoms with Crippen LogP contribution in [0.25, 0.3) is 21.3 Å². The molecule has 0 radical (unpaired) electrons. The fourth-order valence-corrected chi connectivity index (χ4v) is 4.42. The maximum absolute atomic E-state index is 13.0. The molecule has 2 aromatic heterocycles. The van der Waals surface area contributed by atoms with Crippen LogP contribution in [0.2, 0.25) is 0 Å². The second-order valence-corrected chi connectivity index (χ2v) is 8.46. The largest absolute Gasteiger partial charge is 0.416 e. The number of rotatable bonds is 8. The van der Waals surface area contributed by atoms with E-state index in [1.54, 1.807) is 18.2 Å². The van der Waals surface area contributed by atoms with Gasteiger partial charge in [0.25, 0.3) is 5.91 Å². The molecule has 0 saturated carbocycles. The molecule has 4 rings (SSSR count). The number of nitrogens with zero attached hydrogens (tertiary/aromatic N) is 3. The molecule has 0 bridgehead atoms. The van der Waals surface area contributed by atoms with Crippen LogP contribution in [0.5, 0.6) is 0 Å². The van der Waals surface area contributed by atoms with Crippen molar-refractivity contribution in [3.05, 3.63) is 58.4 Å². The first-order chi connectivity index (χ1) is 15.8. The number of hydrogen-bond acceptors (Lipinski definition) is 6. The van der Waals surface area contributed by atoms with Crippen molar-refractivity contribution in [3.8, 4) is 0 Å². The van der Waals surface area contributed by atoms with Gasteiger partial charge >= 0.3 is 6.18 Å². The Balaban J connectivity index is 1.51. The third-order valence-electron chi connectivity index (χ3n) is 5.07. The van der Waals surface area contributed by atoms with E-state index < -0.39 is 11.7 Å². The Morgan fingerprint density at radius 1 is 1.15 bits per heavy atom. The summed E-state index contributed by atoms with van der Waals surface area (Å²) in [6, 6.07) is 8.73. The summed E-state index contributed by atoms with van der Waals surface area (Å²) >= 11 is 1.21. The number of aliphatic hydroxyl groups excluding tert-OH is 1. The first kappa shape index (κ1) is 23.1. The zero-order valence-corrected chi connectivity index (χ0v) is 18.5. The molecule has 1 amide bonds. The minimum absolute atomic E-state index is 0.0712. The van der Waals surface area contributed by atoms with E-state index in [9.17, 15) is 18.0 Å². The average Bonchev–Trinajstić information content (AvgIpc) is 3.32. The molecule has 7 nitrogen and oxygen atoms in total. The molecule has 0 saturated heterocycles. The molecule has 2 aromatic carbocycles. The van der Waals surface area contributed by atoms with Gasteiger partial charge in [-0.2, -0.15) is 13.2 Å². The van der Waals surface area contributed by atoms with Gasteiger partial charge in [0.2, 0.25) is 0 Å². The lowest BCUT2D eigenvalue weighted by Gasteiger charge is -2.06. The van der Waals surface area contributed by atoms with Gasteiger partial charge in [-0.05, 0) is 36.4 Å². The number of thiazole rings is 1. The van der Waals surface area contributed by atoms with E-state index >= 15 is 0 Å². The Labute approximate surface area is 190 Å². The Hall–Kier alpha value is -3.02. The molecule has 2 N–H and O–H groups in total. The SMILES string of the molecule is Cn1c(Cc2nc3ccc(C(F)(F)F)cc3s2)nc2cc(C(=O)NCCOCCO)ccc21. The number of benzene rings is 2. The zero-order chi connectivity index (χ0) is 23.6. The van der Waals surface area contributed by atoms with Crippen LogP contribution in [-0.4, -0.2) is 51.9 Å². The van der Waals surface area contributed by atoms with Crippen molar-refractivity contribution in [2.24, 2.45) is 7.05 Å². The van der Waals surface area contributed by atoms with Crippen LogP contribution < -0.4 is 5.32 Å². The zero-order valence-electron chi connectivity index (χ0n) is 17.6. The average molecular weight is 478 g/mol. The number of aromatic nitrogens is 3. The maximum atomic E-state index is 13.0. The summed E-state index contributed by atoms with van der Waals surface area (Å²) in [4.78, 5) is 21.4. The number of carbonyl (C=O) groups excluding carboxylic acids is 1. The molecule has 0 aliphatic carbocycles. The third-order valence-corrected chi connectivity index (χ3v) is 6.09. The van der Waals surface area contributed by atoms with Crippen LogP contribution in [0.4, 0.5) is 13.2 Å². The number of alkyl halides is 3. The molecule has 0 unspecified atom stereocenters. The van der Waals surface area contributed by atoms with E-state index in [1.165, 1.54) is 17.4 Å². The van der Waals surface area contributed by atoms with Crippen molar-refractivity contribution in [3.63, 3.8) is 0 Å². The fraction of sp³-hybridized carbons (Fsp3) is 0.318. The summed E-state index contributed by atoms with van der Waals surface area (Å²) in [5.41, 5.74) is 1.74. The minimum atomic E-state index is -4.40. The lowest BCUT2D eigenvalue weighted by molar-refractivity contribution is -0.137. The van der Waals surface area contributed by atoms with Crippen LogP contribution in [-0.2, 0) is 24.4 Å². The quantitative estimate of drug-likeness (QED) is 0.378. The Bertz CT molecular complexity index is 1300. The first-order valence-corrected chi connectivity index (χ1v) is 11.0. The number of imidazole rings is 1. The Morgan fingerprint density at radius 2 is 1.97 bits per heavy atom. The van der Waals surface area contributed by atoms with Gasteiger partial charge in [0, 0.05) is 19.2 Å². The van der Waals surface area contributed by atoms with Gasteiger partial charge in [-0.1, -0.05) is 0 Å². The molecule has 0 fully saturated rings. The molecule has 11 heteroatoms. The van der Waals surface area contributed by atoms with Gasteiger partial charge < -0.3 is 19.7 Å². The van der Waals surface area contributed by atoms with Crippen LogP contribution in [0.1, 0.15) is 26.8 Å². The highest BCUT2D eigenvalue weighted by molar-refractivity contribution is 7.18. The number of amides is 1. The summed E-state index contributed by atoms with van der Waals surface area (Å²) in [5.74, 6) is 0.429. The molecule has 0 atom stereocenters. The standard InChI is InChI=1S/C22H21F3N4O3S/c1-29-17-5-2-13(21(31)26-6-8-32-9-7-30)10-16(17)27-19(29)12-20-28-15-4-3-14(22(23,24)25)11-18(15)33-20/h2-5,10-11,30H,6-9,12H2,1H3,(H,26,31). The van der Waals surface area contributed by atoms with Gasteiger partial charge in [-0.3, -0.25) is 4.79 Å². The monoisotopic (exact) mass is 478 g/mol. The van der Waals surface area contributed by atoms with E-state index in [2.05, 4.69) is 15.3 Å². The summed E-state index contributed by atoms with van der Waals surface area (Å²) in [5, 5.41) is 12.1. The topological polar surface area (TPSA) is 89.3 Å². The van der Waals surface area contributed by atoms with E-state index in [4.69, 9.17) is 9.84 Å². The van der Waals surface area contributed by atoms with Crippen molar-refractivity contribution < 1.29 is 27.8 Å². The van der Waals surface area contributed by atoms with Gasteiger partial charge in [-0.15, -0.1) is 11.3 Å². The van der Waals surface area contributed by atoms with E-state index in [0.29, 0.717) is 51.7 Å². The molecular formula is C22H21F3N4O3S. The van der Waals surface area contributed by atoms with Gasteiger partial charge in [0.15, 0.2) is 0 Å². The summed E-state index contributed by atoms with van der Waals surface area (Å²) in [7, 11) is 1.85. The van der Waals surface area contributed by atoms with Crippen molar-refractivity contribution in [1.82, 2.24) is 19.9 Å². The molecule has 4 aromatic rings. The van der Waals surface area contributed by atoms with E-state index in [0.717, 1.165) is 17.6 Å². The highest BCUT2D eigenvalue weighted by atomic mass is 32.1. The Morgan fingerprint density at radius 3 is 2.73 bits per heavy atom. The maximum Gasteiger partial charge on any atom is 0.416 e. The minimum Gasteiger partial charge on any atom is -0.394 e. The molecule has 0 spiro atoms. The number of nitrogens with one attached hydrogen (secondary N) is 1.